The van der Waals surface area contributed by atoms with Gasteiger partial charge in [0.2, 0.25) is 0 Å². The number of benzene rings is 1. The highest BCUT2D eigenvalue weighted by molar-refractivity contribution is 7.07. The summed E-state index contributed by atoms with van der Waals surface area (Å²) < 4.78 is 0. The molecule has 22 heavy (non-hydrogen) atoms. The molecule has 2 bridgehead atoms. The van der Waals surface area contributed by atoms with Gasteiger partial charge in [0.15, 0.2) is 0 Å². The molecule has 2 fully saturated rings. The van der Waals surface area contributed by atoms with Gasteiger partial charge in [0, 0.05) is 37.2 Å². The smallest absolute Gasteiger partial charge is 0.0977 e. The monoisotopic (exact) mass is 314 g/mol. The van der Waals surface area contributed by atoms with E-state index in [0.29, 0.717) is 11.8 Å². The average Bonchev–Trinajstić information content (AvgIpc) is 3.04. The van der Waals surface area contributed by atoms with Crippen LogP contribution in [0.1, 0.15) is 24.0 Å². The molecule has 3 N–H and O–H groups in total. The Bertz CT molecular complexity index is 641. The predicted molar refractivity (Wildman–Crippen MR) is 90.6 cm³/mol. The lowest BCUT2D eigenvalue weighted by Gasteiger charge is -2.45. The Morgan fingerprint density at radius 2 is 2.00 bits per heavy atom. The number of likely N-dealkylation sites (tertiary alicyclic amines) is 1. The van der Waals surface area contributed by atoms with Crippen molar-refractivity contribution in [1.82, 2.24) is 4.90 Å². The zero-order chi connectivity index (χ0) is 15.2. The van der Waals surface area contributed by atoms with E-state index in [-0.39, 0.29) is 0 Å². The second kappa shape index (κ2) is 5.37. The maximum absolute atomic E-state index is 11.4. The molecule has 1 aromatic carbocycles. The van der Waals surface area contributed by atoms with E-state index < -0.39 is 5.60 Å². The third-order valence-corrected chi connectivity index (χ3v) is 6.13. The van der Waals surface area contributed by atoms with Crippen molar-refractivity contribution >= 4 is 17.0 Å². The fraction of sp³-hybridized carbons (Fsp3) is 0.444. The zero-order valence-corrected chi connectivity index (χ0v) is 13.4. The van der Waals surface area contributed by atoms with Crippen LogP contribution in [-0.4, -0.2) is 23.1 Å². The Morgan fingerprint density at radius 1 is 1.23 bits per heavy atom. The van der Waals surface area contributed by atoms with E-state index in [1.807, 2.05) is 24.3 Å². The standard InChI is InChI=1S/C18H22N2OS/c19-17-3-1-2-14(8-17)18(21)15-4-5-16(18)11-20(10-15)9-13-6-7-22-12-13/h1-3,6-8,12,15-16,21H,4-5,9-11,19H2. The van der Waals surface area contributed by atoms with Crippen LogP contribution in [0.2, 0.25) is 0 Å². The first kappa shape index (κ1) is 14.2. The molecule has 2 heterocycles. The summed E-state index contributed by atoms with van der Waals surface area (Å²) in [6.45, 7) is 2.94. The summed E-state index contributed by atoms with van der Waals surface area (Å²) in [6, 6.07) is 10.0. The Kier molecular flexibility index (Phi) is 3.48. The SMILES string of the molecule is Nc1cccc(C2(O)C3CCC2CN(Cc2ccsc2)C3)c1. The molecule has 1 aliphatic heterocycles. The molecular weight excluding hydrogens is 292 g/mol. The van der Waals surface area contributed by atoms with Crippen molar-refractivity contribution in [1.29, 1.82) is 0 Å². The highest BCUT2D eigenvalue weighted by Crippen LogP contribution is 2.51. The van der Waals surface area contributed by atoms with Gasteiger partial charge in [-0.3, -0.25) is 4.90 Å². The van der Waals surface area contributed by atoms with Crippen molar-refractivity contribution < 1.29 is 5.11 Å². The van der Waals surface area contributed by atoms with Crippen LogP contribution in [-0.2, 0) is 12.1 Å². The van der Waals surface area contributed by atoms with Gasteiger partial charge in [-0.05, 0) is 52.9 Å². The van der Waals surface area contributed by atoms with E-state index in [9.17, 15) is 5.11 Å². The number of rotatable bonds is 3. The summed E-state index contributed by atoms with van der Waals surface area (Å²) in [6.07, 6.45) is 2.21. The van der Waals surface area contributed by atoms with Crippen molar-refractivity contribution in [2.24, 2.45) is 11.8 Å². The van der Waals surface area contributed by atoms with Crippen molar-refractivity contribution in [3.8, 4) is 0 Å². The first-order valence-corrected chi connectivity index (χ1v) is 8.92. The maximum atomic E-state index is 11.4. The van der Waals surface area contributed by atoms with E-state index in [4.69, 9.17) is 5.73 Å². The number of anilines is 1. The number of nitrogens with zero attached hydrogens (tertiary/aromatic N) is 1. The topological polar surface area (TPSA) is 49.5 Å². The molecule has 1 saturated heterocycles. The molecule has 0 spiro atoms. The highest BCUT2D eigenvalue weighted by atomic mass is 32.1. The van der Waals surface area contributed by atoms with Crippen LogP contribution in [0.3, 0.4) is 0 Å². The van der Waals surface area contributed by atoms with Crippen molar-refractivity contribution in [3.63, 3.8) is 0 Å². The summed E-state index contributed by atoms with van der Waals surface area (Å²) in [4.78, 5) is 2.51. The number of nitrogens with two attached hydrogens (primary N) is 1. The maximum Gasteiger partial charge on any atom is 0.0977 e. The second-order valence-electron chi connectivity index (χ2n) is 6.75. The van der Waals surface area contributed by atoms with Crippen molar-refractivity contribution in [2.75, 3.05) is 18.8 Å². The van der Waals surface area contributed by atoms with Crippen LogP contribution in [0.4, 0.5) is 5.69 Å². The van der Waals surface area contributed by atoms with Gasteiger partial charge in [0.05, 0.1) is 5.60 Å². The number of hydrogen-bond donors (Lipinski definition) is 2. The number of fused-ring (bicyclic) bond motifs is 2. The molecule has 0 radical (unpaired) electrons. The van der Waals surface area contributed by atoms with Gasteiger partial charge in [-0.1, -0.05) is 12.1 Å². The lowest BCUT2D eigenvalue weighted by Crippen LogP contribution is -2.51. The minimum absolute atomic E-state index is 0.312. The Labute approximate surface area is 135 Å². The molecule has 2 unspecified atom stereocenters. The molecule has 116 valence electrons. The third kappa shape index (κ3) is 2.26. The van der Waals surface area contributed by atoms with Crippen molar-refractivity contribution in [2.45, 2.75) is 25.0 Å². The Balaban J connectivity index is 1.58. The summed E-state index contributed by atoms with van der Waals surface area (Å²) in [5.41, 5.74) is 8.38. The predicted octanol–water partition coefficient (Wildman–Crippen LogP) is 3.06. The van der Waals surface area contributed by atoms with Crippen LogP contribution in [0.5, 0.6) is 0 Å². The van der Waals surface area contributed by atoms with E-state index in [2.05, 4.69) is 21.7 Å². The lowest BCUT2D eigenvalue weighted by molar-refractivity contribution is -0.0914. The Morgan fingerprint density at radius 3 is 2.64 bits per heavy atom. The number of nitrogen functional groups attached to an aromatic ring is 1. The largest absolute Gasteiger partial charge is 0.399 e. The van der Waals surface area contributed by atoms with Crippen LogP contribution < -0.4 is 5.73 Å². The molecule has 0 amide bonds. The molecule has 4 heteroatoms. The fourth-order valence-corrected chi connectivity index (χ4v) is 5.02. The quantitative estimate of drug-likeness (QED) is 0.856. The fourth-order valence-electron chi connectivity index (χ4n) is 4.36. The first-order chi connectivity index (χ1) is 10.7. The molecule has 1 aliphatic carbocycles. The van der Waals surface area contributed by atoms with Crippen LogP contribution >= 0.6 is 11.3 Å². The van der Waals surface area contributed by atoms with Crippen LogP contribution in [0.25, 0.3) is 0 Å². The summed E-state index contributed by atoms with van der Waals surface area (Å²) in [5.74, 6) is 0.623. The number of piperidine rings is 1. The molecule has 4 rings (SSSR count). The minimum Gasteiger partial charge on any atom is -0.399 e. The summed E-state index contributed by atoms with van der Waals surface area (Å²) >= 11 is 1.75. The van der Waals surface area contributed by atoms with Gasteiger partial charge >= 0.3 is 0 Å². The first-order valence-electron chi connectivity index (χ1n) is 7.98. The third-order valence-electron chi connectivity index (χ3n) is 5.40. The van der Waals surface area contributed by atoms with Gasteiger partial charge in [0.25, 0.3) is 0 Å². The number of aliphatic hydroxyl groups is 1. The second-order valence-corrected chi connectivity index (χ2v) is 7.53. The molecule has 2 aromatic rings. The van der Waals surface area contributed by atoms with E-state index in [1.54, 1.807) is 11.3 Å². The number of hydrogen-bond acceptors (Lipinski definition) is 4. The van der Waals surface area contributed by atoms with Crippen molar-refractivity contribution in [3.05, 3.63) is 52.2 Å². The number of thiophene rings is 1. The molecule has 2 aliphatic rings. The van der Waals surface area contributed by atoms with Gasteiger partial charge in [0.1, 0.15) is 0 Å². The normalized spacial score (nSPS) is 31.5. The van der Waals surface area contributed by atoms with Crippen LogP contribution in [0.15, 0.2) is 41.1 Å². The van der Waals surface area contributed by atoms with E-state index >= 15 is 0 Å². The van der Waals surface area contributed by atoms with E-state index in [1.165, 1.54) is 5.56 Å². The van der Waals surface area contributed by atoms with Gasteiger partial charge in [-0.2, -0.15) is 11.3 Å². The lowest BCUT2D eigenvalue weighted by atomic mass is 9.75. The molecule has 3 nitrogen and oxygen atoms in total. The summed E-state index contributed by atoms with van der Waals surface area (Å²) in [5, 5.41) is 15.8. The van der Waals surface area contributed by atoms with Gasteiger partial charge in [-0.15, -0.1) is 0 Å². The molecule has 1 saturated carbocycles. The minimum atomic E-state index is -0.694. The average molecular weight is 314 g/mol. The van der Waals surface area contributed by atoms with Gasteiger partial charge in [-0.25, -0.2) is 0 Å². The van der Waals surface area contributed by atoms with Crippen LogP contribution in [0, 0.1) is 11.8 Å². The van der Waals surface area contributed by atoms with E-state index in [0.717, 1.165) is 43.7 Å². The molecular formula is C18H22N2OS. The zero-order valence-electron chi connectivity index (χ0n) is 12.6. The van der Waals surface area contributed by atoms with Gasteiger partial charge < -0.3 is 10.8 Å². The highest BCUT2D eigenvalue weighted by Gasteiger charge is 2.53. The molecule has 2 atom stereocenters. The Hall–Kier alpha value is -1.36. The molecule has 1 aromatic heterocycles. The summed E-state index contributed by atoms with van der Waals surface area (Å²) in [7, 11) is 0.